The number of nitrogens with one attached hydrogen (secondary N) is 1. The van der Waals surface area contributed by atoms with Crippen molar-refractivity contribution in [3.8, 4) is 5.75 Å². The maximum atomic E-state index is 14.2. The standard InChI is InChI=1S/C32H32N6O4S/c1-2-15-36-20-29(40)37-26(16-22-11-13-25(39)14-12-22)31(41)35(18-24-9-6-10-27-30(24)34-21-43-27)19-28(37)38(36)32(42)33-17-23-7-4-3-5-8-23/h2-14,21,26,28,39H,1,15-20H2,(H,33,42)/t26-,28-/m0/s1. The van der Waals surface area contributed by atoms with Crippen molar-refractivity contribution in [2.24, 2.45) is 0 Å². The average Bonchev–Trinajstić information content (AvgIpc) is 3.50. The molecular weight excluding hydrogens is 564 g/mol. The molecule has 0 saturated carbocycles. The number of phenols is 1. The molecular formula is C32H32N6O4S. The Balaban J connectivity index is 1.36. The van der Waals surface area contributed by atoms with Crippen molar-refractivity contribution in [3.63, 3.8) is 0 Å². The van der Waals surface area contributed by atoms with E-state index in [2.05, 4.69) is 16.9 Å². The fourth-order valence-corrected chi connectivity index (χ4v) is 6.56. The number of carbonyl (C=O) groups excluding carboxylic acids is 3. The number of para-hydroxylation sites is 1. The third-order valence-electron chi connectivity index (χ3n) is 7.84. The minimum atomic E-state index is -0.847. The normalized spacial score (nSPS) is 19.0. The highest BCUT2D eigenvalue weighted by Crippen LogP contribution is 2.31. The number of hydrogen-bond acceptors (Lipinski definition) is 7. The van der Waals surface area contributed by atoms with Crippen LogP contribution in [0.2, 0.25) is 0 Å². The molecule has 43 heavy (non-hydrogen) atoms. The Labute approximate surface area is 253 Å². The van der Waals surface area contributed by atoms with E-state index in [9.17, 15) is 19.5 Å². The molecule has 0 radical (unpaired) electrons. The lowest BCUT2D eigenvalue weighted by molar-refractivity contribution is -0.189. The number of phenolic OH excluding ortho intramolecular Hbond substituents is 1. The van der Waals surface area contributed by atoms with Crippen molar-refractivity contribution in [2.75, 3.05) is 19.6 Å². The van der Waals surface area contributed by atoms with Crippen LogP contribution in [-0.2, 0) is 29.1 Å². The van der Waals surface area contributed by atoms with Crippen LogP contribution in [0.25, 0.3) is 10.2 Å². The first-order valence-corrected chi connectivity index (χ1v) is 15.0. The molecule has 0 bridgehead atoms. The van der Waals surface area contributed by atoms with Crippen molar-refractivity contribution >= 4 is 39.4 Å². The molecule has 2 fully saturated rings. The average molecular weight is 597 g/mol. The molecule has 1 aromatic heterocycles. The number of hydrogen-bond donors (Lipinski definition) is 2. The molecule has 2 atom stereocenters. The zero-order valence-corrected chi connectivity index (χ0v) is 24.3. The van der Waals surface area contributed by atoms with Crippen molar-refractivity contribution in [1.29, 1.82) is 0 Å². The van der Waals surface area contributed by atoms with Gasteiger partial charge in [0.2, 0.25) is 11.8 Å². The molecule has 2 N–H and O–H groups in total. The molecule has 2 aliphatic rings. The summed E-state index contributed by atoms with van der Waals surface area (Å²) in [6.07, 6.45) is 1.15. The molecule has 0 unspecified atom stereocenters. The predicted molar refractivity (Wildman–Crippen MR) is 164 cm³/mol. The summed E-state index contributed by atoms with van der Waals surface area (Å²) in [4.78, 5) is 49.6. The number of nitrogens with zero attached hydrogens (tertiary/aromatic N) is 5. The van der Waals surface area contributed by atoms with Gasteiger partial charge in [0, 0.05) is 26.1 Å². The van der Waals surface area contributed by atoms with Crippen molar-refractivity contribution in [1.82, 2.24) is 30.1 Å². The van der Waals surface area contributed by atoms with Gasteiger partial charge in [0.05, 0.1) is 28.8 Å². The third kappa shape index (κ3) is 5.81. The Bertz CT molecular complexity index is 1640. The van der Waals surface area contributed by atoms with Crippen LogP contribution in [0.3, 0.4) is 0 Å². The van der Waals surface area contributed by atoms with Gasteiger partial charge in [0.25, 0.3) is 0 Å². The number of thiazole rings is 1. The van der Waals surface area contributed by atoms with Crippen LogP contribution in [0, 0.1) is 0 Å². The van der Waals surface area contributed by atoms with Crippen molar-refractivity contribution in [2.45, 2.75) is 31.7 Å². The van der Waals surface area contributed by atoms with E-state index in [0.717, 1.165) is 26.9 Å². The highest BCUT2D eigenvalue weighted by molar-refractivity contribution is 7.16. The van der Waals surface area contributed by atoms with Crippen LogP contribution in [-0.4, -0.2) is 79.6 Å². The van der Waals surface area contributed by atoms with E-state index in [0.29, 0.717) is 6.54 Å². The number of urea groups is 1. The van der Waals surface area contributed by atoms with Gasteiger partial charge in [-0.2, -0.15) is 0 Å². The van der Waals surface area contributed by atoms with E-state index < -0.39 is 12.2 Å². The summed E-state index contributed by atoms with van der Waals surface area (Å²) in [5, 5.41) is 16.1. The summed E-state index contributed by atoms with van der Waals surface area (Å²) in [5.74, 6) is -0.325. The quantitative estimate of drug-likeness (QED) is 0.300. The highest BCUT2D eigenvalue weighted by Gasteiger charge is 2.51. The third-order valence-corrected chi connectivity index (χ3v) is 8.63. The van der Waals surface area contributed by atoms with Gasteiger partial charge in [-0.1, -0.05) is 60.7 Å². The van der Waals surface area contributed by atoms with Crippen LogP contribution in [0.1, 0.15) is 16.7 Å². The lowest BCUT2D eigenvalue weighted by Crippen LogP contribution is -2.76. The maximum Gasteiger partial charge on any atom is 0.334 e. The highest BCUT2D eigenvalue weighted by atomic mass is 32.1. The second kappa shape index (κ2) is 12.2. The molecule has 4 amide bonds. The summed E-state index contributed by atoms with van der Waals surface area (Å²) >= 11 is 1.53. The molecule has 220 valence electrons. The molecule has 11 heteroatoms. The minimum Gasteiger partial charge on any atom is -0.508 e. The number of amides is 4. The summed E-state index contributed by atoms with van der Waals surface area (Å²) in [5.41, 5.74) is 5.25. The number of fused-ring (bicyclic) bond motifs is 2. The van der Waals surface area contributed by atoms with Gasteiger partial charge in [-0.05, 0) is 34.9 Å². The number of aromatic hydroxyl groups is 1. The number of hydrazine groups is 1. The number of rotatable bonds is 8. The van der Waals surface area contributed by atoms with E-state index in [1.54, 1.807) is 55.7 Å². The molecule has 10 nitrogen and oxygen atoms in total. The largest absolute Gasteiger partial charge is 0.508 e. The smallest absolute Gasteiger partial charge is 0.334 e. The van der Waals surface area contributed by atoms with E-state index in [-0.39, 0.29) is 56.2 Å². The van der Waals surface area contributed by atoms with Crippen LogP contribution < -0.4 is 5.32 Å². The minimum absolute atomic E-state index is 0.0707. The molecule has 2 saturated heterocycles. The SMILES string of the molecule is C=CCN1CC(=O)N2[C@@H](Cc3ccc(O)cc3)C(=O)N(Cc3cccc4scnc34)C[C@@H]2N1C(=O)NCc1ccccc1. The second-order valence-corrected chi connectivity index (χ2v) is 11.5. The Morgan fingerprint density at radius 2 is 1.84 bits per heavy atom. The van der Waals surface area contributed by atoms with E-state index in [1.165, 1.54) is 11.3 Å². The number of piperazine rings is 1. The topological polar surface area (TPSA) is 109 Å². The van der Waals surface area contributed by atoms with Gasteiger partial charge in [0.1, 0.15) is 18.0 Å². The first-order valence-electron chi connectivity index (χ1n) is 14.1. The van der Waals surface area contributed by atoms with Crippen molar-refractivity contribution < 1.29 is 19.5 Å². The lowest BCUT2D eigenvalue weighted by Gasteiger charge is -2.55. The Morgan fingerprint density at radius 1 is 1.05 bits per heavy atom. The molecule has 2 aliphatic heterocycles. The van der Waals surface area contributed by atoms with Gasteiger partial charge < -0.3 is 20.2 Å². The van der Waals surface area contributed by atoms with Gasteiger partial charge >= 0.3 is 6.03 Å². The maximum absolute atomic E-state index is 14.2. The van der Waals surface area contributed by atoms with Gasteiger partial charge in [-0.25, -0.2) is 19.8 Å². The molecule has 3 heterocycles. The fraction of sp³-hybridized carbons (Fsp3) is 0.250. The van der Waals surface area contributed by atoms with E-state index in [4.69, 9.17) is 0 Å². The van der Waals surface area contributed by atoms with E-state index >= 15 is 0 Å². The van der Waals surface area contributed by atoms with Gasteiger partial charge in [0.15, 0.2) is 0 Å². The summed E-state index contributed by atoms with van der Waals surface area (Å²) in [7, 11) is 0. The molecule has 6 rings (SSSR count). The predicted octanol–water partition coefficient (Wildman–Crippen LogP) is 3.74. The Kier molecular flexibility index (Phi) is 8.08. The lowest BCUT2D eigenvalue weighted by atomic mass is 9.98. The van der Waals surface area contributed by atoms with Crippen LogP contribution >= 0.6 is 11.3 Å². The zero-order chi connectivity index (χ0) is 29.9. The van der Waals surface area contributed by atoms with Crippen molar-refractivity contribution in [3.05, 3.63) is 108 Å². The fourth-order valence-electron chi connectivity index (χ4n) is 5.83. The molecule has 3 aromatic carbocycles. The second-order valence-electron chi connectivity index (χ2n) is 10.6. The molecule has 0 spiro atoms. The summed E-state index contributed by atoms with van der Waals surface area (Å²) in [6.45, 7) is 4.77. The van der Waals surface area contributed by atoms with E-state index in [1.807, 2.05) is 48.5 Å². The van der Waals surface area contributed by atoms with Crippen LogP contribution in [0.15, 0.2) is 91.0 Å². The first kappa shape index (κ1) is 28.4. The zero-order valence-electron chi connectivity index (χ0n) is 23.5. The number of carbonyl (C=O) groups is 3. The summed E-state index contributed by atoms with van der Waals surface area (Å²) < 4.78 is 1.02. The Morgan fingerprint density at radius 3 is 2.60 bits per heavy atom. The van der Waals surface area contributed by atoms with Crippen LogP contribution in [0.5, 0.6) is 5.75 Å². The first-order chi connectivity index (χ1) is 20.9. The monoisotopic (exact) mass is 596 g/mol. The summed E-state index contributed by atoms with van der Waals surface area (Å²) in [6, 6.07) is 20.9. The number of aromatic nitrogens is 1. The van der Waals surface area contributed by atoms with Crippen LogP contribution in [0.4, 0.5) is 4.79 Å². The molecule has 0 aliphatic carbocycles. The number of benzene rings is 3. The Hall–Kier alpha value is -4.74. The molecule has 4 aromatic rings. The van der Waals surface area contributed by atoms with Gasteiger partial charge in [-0.3, -0.25) is 9.59 Å². The van der Waals surface area contributed by atoms with Gasteiger partial charge in [-0.15, -0.1) is 17.9 Å².